The van der Waals surface area contributed by atoms with Crippen LogP contribution in [0.5, 0.6) is 5.75 Å². The van der Waals surface area contributed by atoms with Crippen LogP contribution in [0, 0.1) is 0 Å². The zero-order valence-electron chi connectivity index (χ0n) is 21.4. The van der Waals surface area contributed by atoms with Gasteiger partial charge in [0.2, 0.25) is 0 Å². The van der Waals surface area contributed by atoms with Gasteiger partial charge in [-0.25, -0.2) is 0 Å². The Balaban J connectivity index is 1.30. The average Bonchev–Trinajstić information content (AvgIpc) is 3.13. The number of aryl methyl sites for hydroxylation is 1. The summed E-state index contributed by atoms with van der Waals surface area (Å²) in [7, 11) is 1.52. The fraction of sp³-hybridized carbons (Fsp3) is 0.290. The highest BCUT2D eigenvalue weighted by atomic mass is 16.5. The Labute approximate surface area is 214 Å². The van der Waals surface area contributed by atoms with Crippen molar-refractivity contribution in [3.63, 3.8) is 0 Å². The molecule has 0 radical (unpaired) electrons. The van der Waals surface area contributed by atoms with Gasteiger partial charge in [-0.15, -0.1) is 0 Å². The first-order valence-corrected chi connectivity index (χ1v) is 12.7. The third-order valence-corrected chi connectivity index (χ3v) is 6.60. The Bertz CT molecular complexity index is 1230. The molecule has 36 heavy (non-hydrogen) atoms. The molecule has 0 N–H and O–H groups in total. The number of unbranched alkanes of at least 4 members (excludes halogenated alkanes) is 1. The van der Waals surface area contributed by atoms with Crippen molar-refractivity contribution in [1.82, 2.24) is 4.90 Å². The lowest BCUT2D eigenvalue weighted by Crippen LogP contribution is -2.28. The molecule has 0 unspecified atom stereocenters. The molecule has 0 aromatic heterocycles. The standard InChI is InChI=1S/C31H34N2O3/c1-4-6-7-23-8-10-24(11-9-23)12-13-25-14-17-27(18-15-25)36-21-20-33(5-2)26-16-19-28-29(22-26)31(35)32(3)30(28)34/h8-19,22H,4-7,20-21H2,1-3H3. The molecule has 0 saturated carbocycles. The Kier molecular flexibility index (Phi) is 8.21. The summed E-state index contributed by atoms with van der Waals surface area (Å²) in [5.74, 6) is 0.327. The number of fused-ring (bicyclic) bond motifs is 1. The van der Waals surface area contributed by atoms with Crippen molar-refractivity contribution in [3.05, 3.63) is 94.5 Å². The number of likely N-dealkylation sites (N-methyl/N-ethyl adjacent to an activating group) is 1. The molecule has 0 fully saturated rings. The van der Waals surface area contributed by atoms with E-state index in [-0.39, 0.29) is 11.8 Å². The lowest BCUT2D eigenvalue weighted by atomic mass is 10.1. The number of hydrogen-bond donors (Lipinski definition) is 0. The van der Waals surface area contributed by atoms with Gasteiger partial charge < -0.3 is 9.64 Å². The van der Waals surface area contributed by atoms with Gasteiger partial charge in [0.25, 0.3) is 11.8 Å². The molecule has 186 valence electrons. The van der Waals surface area contributed by atoms with Crippen molar-refractivity contribution < 1.29 is 14.3 Å². The van der Waals surface area contributed by atoms with E-state index in [0.717, 1.165) is 34.9 Å². The summed E-state index contributed by atoms with van der Waals surface area (Å²) in [5, 5.41) is 0. The number of carbonyl (C=O) groups is 2. The predicted octanol–water partition coefficient (Wildman–Crippen LogP) is 6.33. The van der Waals surface area contributed by atoms with Crippen LogP contribution in [0.2, 0.25) is 0 Å². The first-order chi connectivity index (χ1) is 17.5. The van der Waals surface area contributed by atoms with Crippen LogP contribution in [-0.4, -0.2) is 43.5 Å². The summed E-state index contributed by atoms with van der Waals surface area (Å²) in [6.45, 7) is 6.23. The Morgan fingerprint density at radius 1 is 0.833 bits per heavy atom. The third kappa shape index (κ3) is 5.85. The maximum atomic E-state index is 12.3. The molecule has 0 aliphatic carbocycles. The van der Waals surface area contributed by atoms with Crippen LogP contribution in [0.4, 0.5) is 5.69 Å². The van der Waals surface area contributed by atoms with E-state index in [1.54, 1.807) is 6.07 Å². The number of imide groups is 1. The van der Waals surface area contributed by atoms with Gasteiger partial charge in [-0.2, -0.15) is 0 Å². The largest absolute Gasteiger partial charge is 0.492 e. The second kappa shape index (κ2) is 11.7. The van der Waals surface area contributed by atoms with Gasteiger partial charge in [-0.3, -0.25) is 14.5 Å². The topological polar surface area (TPSA) is 49.9 Å². The summed E-state index contributed by atoms with van der Waals surface area (Å²) in [6.07, 6.45) is 7.83. The molecule has 1 aliphatic heterocycles. The second-order valence-corrected chi connectivity index (χ2v) is 9.07. The van der Waals surface area contributed by atoms with E-state index in [2.05, 4.69) is 67.3 Å². The first kappa shape index (κ1) is 25.2. The van der Waals surface area contributed by atoms with Crippen LogP contribution in [0.1, 0.15) is 64.1 Å². The highest BCUT2D eigenvalue weighted by molar-refractivity contribution is 6.21. The van der Waals surface area contributed by atoms with Crippen molar-refractivity contribution in [2.45, 2.75) is 33.1 Å². The molecule has 2 amide bonds. The highest BCUT2D eigenvalue weighted by Crippen LogP contribution is 2.26. The van der Waals surface area contributed by atoms with Crippen LogP contribution in [-0.2, 0) is 6.42 Å². The molecule has 5 nitrogen and oxygen atoms in total. The summed E-state index contributed by atoms with van der Waals surface area (Å²) >= 11 is 0. The Hall–Kier alpha value is -3.86. The van der Waals surface area contributed by atoms with Gasteiger partial charge >= 0.3 is 0 Å². The van der Waals surface area contributed by atoms with Crippen molar-refractivity contribution in [2.75, 3.05) is 31.6 Å². The molecule has 0 bridgehead atoms. The minimum Gasteiger partial charge on any atom is -0.492 e. The van der Waals surface area contributed by atoms with Crippen molar-refractivity contribution in [1.29, 1.82) is 0 Å². The molecular formula is C31H34N2O3. The molecule has 0 spiro atoms. The molecular weight excluding hydrogens is 448 g/mol. The minimum atomic E-state index is -0.248. The van der Waals surface area contributed by atoms with Gasteiger partial charge in [0, 0.05) is 19.3 Å². The maximum absolute atomic E-state index is 12.3. The van der Waals surface area contributed by atoms with Crippen LogP contribution in [0.3, 0.4) is 0 Å². The van der Waals surface area contributed by atoms with Crippen LogP contribution in [0.15, 0.2) is 66.7 Å². The number of anilines is 1. The van der Waals surface area contributed by atoms with Gasteiger partial charge in [-0.1, -0.05) is 61.9 Å². The number of ether oxygens (including phenoxy) is 1. The highest BCUT2D eigenvalue weighted by Gasteiger charge is 2.33. The van der Waals surface area contributed by atoms with E-state index in [1.165, 1.54) is 31.0 Å². The fourth-order valence-corrected chi connectivity index (χ4v) is 4.33. The van der Waals surface area contributed by atoms with Crippen LogP contribution >= 0.6 is 0 Å². The molecule has 1 aliphatic rings. The van der Waals surface area contributed by atoms with Crippen LogP contribution in [0.25, 0.3) is 12.2 Å². The summed E-state index contributed by atoms with van der Waals surface area (Å²) < 4.78 is 5.98. The van der Waals surface area contributed by atoms with E-state index in [1.807, 2.05) is 24.3 Å². The number of amides is 2. The lowest BCUT2D eigenvalue weighted by molar-refractivity contribution is 0.0693. The van der Waals surface area contributed by atoms with E-state index in [4.69, 9.17) is 4.74 Å². The molecule has 4 rings (SSSR count). The minimum absolute atomic E-state index is 0.244. The average molecular weight is 483 g/mol. The fourth-order valence-electron chi connectivity index (χ4n) is 4.33. The van der Waals surface area contributed by atoms with Crippen molar-refractivity contribution in [3.8, 4) is 5.75 Å². The Morgan fingerprint density at radius 2 is 1.47 bits per heavy atom. The third-order valence-electron chi connectivity index (χ3n) is 6.60. The first-order valence-electron chi connectivity index (χ1n) is 12.7. The van der Waals surface area contributed by atoms with Gasteiger partial charge in [0.1, 0.15) is 12.4 Å². The van der Waals surface area contributed by atoms with Crippen LogP contribution < -0.4 is 9.64 Å². The maximum Gasteiger partial charge on any atom is 0.261 e. The van der Waals surface area contributed by atoms with Gasteiger partial charge in [0.15, 0.2) is 0 Å². The van der Waals surface area contributed by atoms with E-state index >= 15 is 0 Å². The van der Waals surface area contributed by atoms with Crippen molar-refractivity contribution >= 4 is 29.7 Å². The molecule has 3 aromatic carbocycles. The van der Waals surface area contributed by atoms with Crippen molar-refractivity contribution in [2.24, 2.45) is 0 Å². The quantitative estimate of drug-likeness (QED) is 0.237. The molecule has 5 heteroatoms. The zero-order valence-corrected chi connectivity index (χ0v) is 21.4. The van der Waals surface area contributed by atoms with E-state index in [9.17, 15) is 9.59 Å². The smallest absolute Gasteiger partial charge is 0.261 e. The number of carbonyl (C=O) groups excluding carboxylic acids is 2. The van der Waals surface area contributed by atoms with Gasteiger partial charge in [0.05, 0.1) is 17.7 Å². The Morgan fingerprint density at radius 3 is 2.11 bits per heavy atom. The zero-order chi connectivity index (χ0) is 25.5. The monoisotopic (exact) mass is 482 g/mol. The molecule has 0 atom stereocenters. The molecule has 1 heterocycles. The summed E-state index contributed by atoms with van der Waals surface area (Å²) in [5.41, 5.74) is 5.56. The normalized spacial score (nSPS) is 12.9. The number of nitrogens with zero attached hydrogens (tertiary/aromatic N) is 2. The summed E-state index contributed by atoms with van der Waals surface area (Å²) in [4.78, 5) is 27.8. The SMILES string of the molecule is CCCCc1ccc(C=Cc2ccc(OCCN(CC)c3ccc4c(c3)C(=O)N(C)C4=O)cc2)cc1. The van der Waals surface area contributed by atoms with Gasteiger partial charge in [-0.05, 0) is 66.8 Å². The summed E-state index contributed by atoms with van der Waals surface area (Å²) in [6, 6.07) is 22.3. The molecule has 0 saturated heterocycles. The molecule has 3 aromatic rings. The number of benzene rings is 3. The second-order valence-electron chi connectivity index (χ2n) is 9.07. The number of rotatable bonds is 11. The van der Waals surface area contributed by atoms with E-state index in [0.29, 0.717) is 24.3 Å². The number of hydrogen-bond acceptors (Lipinski definition) is 4. The lowest BCUT2D eigenvalue weighted by Gasteiger charge is -2.23. The predicted molar refractivity (Wildman–Crippen MR) is 147 cm³/mol. The van der Waals surface area contributed by atoms with E-state index < -0.39 is 0 Å².